The van der Waals surface area contributed by atoms with Crippen molar-refractivity contribution in [2.75, 3.05) is 18.5 Å². The second kappa shape index (κ2) is 13.6. The third kappa shape index (κ3) is 12.1. The van der Waals surface area contributed by atoms with Crippen molar-refractivity contribution in [3.63, 3.8) is 0 Å². The number of nitrogens with zero attached hydrogens (tertiary/aromatic N) is 1. The van der Waals surface area contributed by atoms with Crippen molar-refractivity contribution in [2.45, 2.75) is 32.6 Å². The molecule has 2 aromatic rings. The molecule has 0 radical (unpaired) electrons. The van der Waals surface area contributed by atoms with Crippen LogP contribution in [0.5, 0.6) is 0 Å². The summed E-state index contributed by atoms with van der Waals surface area (Å²) in [5.74, 6) is -0.0941. The van der Waals surface area contributed by atoms with Crippen LogP contribution in [-0.4, -0.2) is 38.6 Å². The fourth-order valence-corrected chi connectivity index (χ4v) is 3.36. The highest BCUT2D eigenvalue weighted by molar-refractivity contribution is 7.87. The minimum Gasteiger partial charge on any atom is -0.450 e. The number of unbranched alkanes of at least 4 members (excludes halogenated alkanes) is 2. The molecule has 6 N–H and O–H groups in total. The average Bonchev–Trinajstić information content (AvgIpc) is 3.13. The highest BCUT2D eigenvalue weighted by Gasteiger charge is 2.08. The molecule has 0 aliphatic rings. The van der Waals surface area contributed by atoms with E-state index in [2.05, 4.69) is 25.5 Å². The van der Waals surface area contributed by atoms with Gasteiger partial charge in [-0.2, -0.15) is 8.42 Å². The normalized spacial score (nSPS) is 10.6. The largest absolute Gasteiger partial charge is 0.450 e. The molecule has 1 aromatic carbocycles. The highest BCUT2D eigenvalue weighted by atomic mass is 32.2. The molecule has 0 atom stereocenters. The third-order valence-corrected chi connectivity index (χ3v) is 4.85. The number of hydrogen-bond acceptors (Lipinski definition) is 7. The molecule has 0 saturated carbocycles. The number of ether oxygens (including phenoxy) is 1. The van der Waals surface area contributed by atoms with Gasteiger partial charge < -0.3 is 15.8 Å². The number of primary amides is 1. The summed E-state index contributed by atoms with van der Waals surface area (Å²) < 4.78 is 27.7. The highest BCUT2D eigenvalue weighted by Crippen LogP contribution is 2.24. The molecule has 0 unspecified atom stereocenters. The molecule has 0 bridgehead atoms. The lowest BCUT2D eigenvalue weighted by molar-refractivity contribution is -0.116. The summed E-state index contributed by atoms with van der Waals surface area (Å²) in [7, 11) is -3.63. The van der Waals surface area contributed by atoms with Crippen molar-refractivity contribution in [3.05, 3.63) is 35.7 Å². The van der Waals surface area contributed by atoms with Crippen molar-refractivity contribution in [1.29, 1.82) is 0 Å². The van der Waals surface area contributed by atoms with Crippen molar-refractivity contribution in [3.8, 4) is 11.3 Å². The maximum absolute atomic E-state index is 11.9. The fraction of sp³-hybridized carbons (Fsp3) is 0.389. The van der Waals surface area contributed by atoms with Crippen LogP contribution in [0.25, 0.3) is 11.3 Å². The Labute approximate surface area is 180 Å². The minimum absolute atomic E-state index is 0.0941. The summed E-state index contributed by atoms with van der Waals surface area (Å²) in [5.41, 5.74) is 6.39. The lowest BCUT2D eigenvalue weighted by atomic mass is 10.2. The van der Waals surface area contributed by atoms with Gasteiger partial charge in [0, 0.05) is 23.9 Å². The van der Waals surface area contributed by atoms with Crippen LogP contribution in [0, 0.1) is 0 Å². The van der Waals surface area contributed by atoms with Crippen LogP contribution in [0.1, 0.15) is 32.6 Å². The molecule has 12 heteroatoms. The molecule has 0 fully saturated rings. The van der Waals surface area contributed by atoms with Gasteiger partial charge in [-0.25, -0.2) is 19.6 Å². The van der Waals surface area contributed by atoms with E-state index in [4.69, 9.17) is 5.14 Å². The van der Waals surface area contributed by atoms with E-state index >= 15 is 0 Å². The van der Waals surface area contributed by atoms with Gasteiger partial charge in [0.15, 0.2) is 5.13 Å². The standard InChI is InChI=1S/C15H20N4O3S2.C3H7NO2/c16-24(21,22)17-10-6-2-5-9-14(20)19-15-18-13(11-23-15)12-7-3-1-4-8-12;1-2-6-3(4)5/h1,3-4,7-8,11,17H,2,5-6,9-10H2,(H2,16,21,22)(H,18,19,20);2H2,1H3,(H2,4,5). The molecule has 166 valence electrons. The number of carbonyl (C=O) groups excluding carboxylic acids is 2. The van der Waals surface area contributed by atoms with Crippen LogP contribution < -0.4 is 20.9 Å². The summed E-state index contributed by atoms with van der Waals surface area (Å²) in [6.07, 6.45) is 1.71. The maximum atomic E-state index is 11.9. The van der Waals surface area contributed by atoms with E-state index in [0.29, 0.717) is 31.0 Å². The topological polar surface area (TPSA) is 166 Å². The Morgan fingerprint density at radius 2 is 1.87 bits per heavy atom. The number of benzene rings is 1. The van der Waals surface area contributed by atoms with Crippen LogP contribution in [0.2, 0.25) is 0 Å². The SMILES string of the molecule is CCOC(N)=O.NS(=O)(=O)NCCCCCC(=O)Nc1nc(-c2ccccc2)cs1. The molecule has 10 nitrogen and oxygen atoms in total. The molecule has 30 heavy (non-hydrogen) atoms. The van der Waals surface area contributed by atoms with Crippen molar-refractivity contribution in [1.82, 2.24) is 9.71 Å². The molecule has 1 aromatic heterocycles. The molecular formula is C18H27N5O5S2. The molecule has 0 spiro atoms. The zero-order chi connectivity index (χ0) is 22.4. The zero-order valence-corrected chi connectivity index (χ0v) is 18.3. The second-order valence-electron chi connectivity index (χ2n) is 5.95. The molecule has 1 heterocycles. The minimum atomic E-state index is -3.63. The summed E-state index contributed by atoms with van der Waals surface area (Å²) in [4.78, 5) is 25.9. The summed E-state index contributed by atoms with van der Waals surface area (Å²) in [6.45, 7) is 2.34. The van der Waals surface area contributed by atoms with Crippen LogP contribution in [0.3, 0.4) is 0 Å². The monoisotopic (exact) mass is 457 g/mol. The van der Waals surface area contributed by atoms with Crippen molar-refractivity contribution < 1.29 is 22.7 Å². The van der Waals surface area contributed by atoms with Gasteiger partial charge in [-0.15, -0.1) is 11.3 Å². The van der Waals surface area contributed by atoms with Gasteiger partial charge in [0.2, 0.25) is 5.91 Å². The molecule has 2 rings (SSSR count). The van der Waals surface area contributed by atoms with E-state index in [9.17, 15) is 18.0 Å². The molecule has 0 saturated heterocycles. The van der Waals surface area contributed by atoms with Crippen LogP contribution in [-0.2, 0) is 19.7 Å². The van der Waals surface area contributed by atoms with Crippen LogP contribution in [0.15, 0.2) is 35.7 Å². The number of carbonyl (C=O) groups is 2. The number of anilines is 1. The van der Waals surface area contributed by atoms with Gasteiger partial charge in [0.1, 0.15) is 0 Å². The van der Waals surface area contributed by atoms with E-state index in [1.807, 2.05) is 35.7 Å². The molecule has 0 aliphatic heterocycles. The summed E-state index contributed by atoms with van der Waals surface area (Å²) in [5, 5.41) is 10.1. The Balaban J connectivity index is 0.000000656. The number of rotatable bonds is 10. The Morgan fingerprint density at radius 3 is 2.43 bits per heavy atom. The van der Waals surface area contributed by atoms with Gasteiger partial charge in [0.25, 0.3) is 10.2 Å². The van der Waals surface area contributed by atoms with E-state index in [0.717, 1.165) is 17.7 Å². The summed E-state index contributed by atoms with van der Waals surface area (Å²) >= 11 is 1.39. The first kappa shape index (κ1) is 25.5. The Hall–Kier alpha value is -2.54. The number of nitrogens with one attached hydrogen (secondary N) is 2. The molecule has 2 amide bonds. The smallest absolute Gasteiger partial charge is 0.404 e. The van der Waals surface area contributed by atoms with Crippen molar-refractivity contribution >= 4 is 38.7 Å². The number of thiazole rings is 1. The third-order valence-electron chi connectivity index (χ3n) is 3.49. The summed E-state index contributed by atoms with van der Waals surface area (Å²) in [6, 6.07) is 9.76. The first-order chi connectivity index (χ1) is 14.2. The zero-order valence-electron chi connectivity index (χ0n) is 16.7. The lowest BCUT2D eigenvalue weighted by Crippen LogP contribution is -2.31. The van der Waals surface area contributed by atoms with Gasteiger partial charge in [-0.3, -0.25) is 4.79 Å². The Morgan fingerprint density at radius 1 is 1.17 bits per heavy atom. The van der Waals surface area contributed by atoms with Crippen LogP contribution >= 0.6 is 11.3 Å². The fourth-order valence-electron chi connectivity index (χ4n) is 2.20. The van der Waals surface area contributed by atoms with E-state index in [1.165, 1.54) is 11.3 Å². The maximum Gasteiger partial charge on any atom is 0.404 e. The Bertz CT molecular complexity index is 887. The molecule has 0 aliphatic carbocycles. The van der Waals surface area contributed by atoms with Gasteiger partial charge in [0.05, 0.1) is 12.3 Å². The average molecular weight is 458 g/mol. The number of amides is 2. The number of aromatic nitrogens is 1. The first-order valence-corrected chi connectivity index (χ1v) is 11.6. The van der Waals surface area contributed by atoms with Crippen LogP contribution in [0.4, 0.5) is 9.93 Å². The van der Waals surface area contributed by atoms with Crippen molar-refractivity contribution in [2.24, 2.45) is 10.9 Å². The van der Waals surface area contributed by atoms with E-state index in [1.54, 1.807) is 6.92 Å². The van der Waals surface area contributed by atoms with Gasteiger partial charge >= 0.3 is 6.09 Å². The predicted octanol–water partition coefficient (Wildman–Crippen LogP) is 2.20. The van der Waals surface area contributed by atoms with E-state index in [-0.39, 0.29) is 12.5 Å². The van der Waals surface area contributed by atoms with E-state index < -0.39 is 16.3 Å². The Kier molecular flexibility index (Phi) is 11.6. The van der Waals surface area contributed by atoms with Gasteiger partial charge in [-0.05, 0) is 19.8 Å². The second-order valence-corrected chi connectivity index (χ2v) is 8.19. The number of nitrogens with two attached hydrogens (primary N) is 2. The first-order valence-electron chi connectivity index (χ1n) is 9.21. The van der Waals surface area contributed by atoms with Gasteiger partial charge in [-0.1, -0.05) is 36.8 Å². The quantitative estimate of drug-likeness (QED) is 0.399. The predicted molar refractivity (Wildman–Crippen MR) is 117 cm³/mol. The molecular weight excluding hydrogens is 430 g/mol. The lowest BCUT2D eigenvalue weighted by Gasteiger charge is -2.03. The number of hydrogen-bond donors (Lipinski definition) is 4.